The van der Waals surface area contributed by atoms with E-state index in [0.717, 1.165) is 16.5 Å². The third-order valence-electron chi connectivity index (χ3n) is 13.2. The van der Waals surface area contributed by atoms with Crippen molar-refractivity contribution in [3.05, 3.63) is 108 Å². The van der Waals surface area contributed by atoms with Crippen molar-refractivity contribution in [3.63, 3.8) is 0 Å². The summed E-state index contributed by atoms with van der Waals surface area (Å²) in [6.45, 7) is 12.3. The quantitative estimate of drug-likeness (QED) is 0.0961. The van der Waals surface area contributed by atoms with Crippen LogP contribution in [0.2, 0.25) is 0 Å². The summed E-state index contributed by atoms with van der Waals surface area (Å²) in [4.78, 5) is 106. The Morgan fingerprint density at radius 1 is 0.662 bits per heavy atom. The number of amides is 7. The standard InChI is InChI=1S/C54H72N8O9/c1-34(71-53(5,6)7)44-49(67)58-42(31-36-22-12-9-13-23-36)48(66)61-54(27-17-18-28-54)50(68)59-41(30-35-20-10-8-11-21-35)46(64)57-43(32-37-33-55-39-25-15-14-24-38(37)39)47(65)56-40(45(63)60-44)26-16-19-29-62(51(69)70)52(2,3)4/h8-15,20-25,33-34,40-44,55H,16-19,26-32H2,1-7H3,(H,56,65)(H,57,64)(H,58,67)(H,59,68)(H,60,63)(H,61,66)(H,69,70)/p-1. The molecule has 7 amide bonds. The van der Waals surface area contributed by atoms with E-state index in [1.54, 1.807) is 66.8 Å². The third-order valence-corrected chi connectivity index (χ3v) is 13.2. The Bertz CT molecular complexity index is 2490. The Kier molecular flexibility index (Phi) is 17.7. The predicted octanol–water partition coefficient (Wildman–Crippen LogP) is 3.88. The van der Waals surface area contributed by atoms with Gasteiger partial charge in [0.1, 0.15) is 41.8 Å². The molecule has 71 heavy (non-hydrogen) atoms. The summed E-state index contributed by atoms with van der Waals surface area (Å²) in [5.74, 6) is -4.10. The van der Waals surface area contributed by atoms with Crippen LogP contribution in [0.3, 0.4) is 0 Å². The van der Waals surface area contributed by atoms with E-state index in [0.29, 0.717) is 24.0 Å². The van der Waals surface area contributed by atoms with E-state index in [1.807, 2.05) is 72.8 Å². The van der Waals surface area contributed by atoms with Gasteiger partial charge in [0.15, 0.2) is 0 Å². The molecule has 17 heteroatoms. The number of carbonyl (C=O) groups excluding carboxylic acids is 7. The molecule has 1 aromatic heterocycles. The third kappa shape index (κ3) is 14.7. The molecule has 1 saturated heterocycles. The maximum Gasteiger partial charge on any atom is 0.246 e. The molecule has 1 spiro atoms. The van der Waals surface area contributed by atoms with E-state index in [1.165, 1.54) is 4.90 Å². The van der Waals surface area contributed by atoms with Crippen LogP contribution in [0.5, 0.6) is 0 Å². The Labute approximate surface area is 416 Å². The SMILES string of the molecule is CC(OC(C)(C)C)C1NC(=O)C(CCCCN(C(=O)[O-])C(C)(C)C)NC(=O)C(Cc2c[nH]c3ccccc23)NC(=O)C(Cc2ccccc2)NC(=O)C2(CCCC2)NC(=O)C(Cc2ccccc2)NC1=O. The van der Waals surface area contributed by atoms with Crippen molar-refractivity contribution in [3.8, 4) is 0 Å². The molecular weight excluding hydrogens is 905 g/mol. The predicted molar refractivity (Wildman–Crippen MR) is 267 cm³/mol. The summed E-state index contributed by atoms with van der Waals surface area (Å²) < 4.78 is 6.28. The zero-order valence-electron chi connectivity index (χ0n) is 42.0. The topological polar surface area (TPSA) is 243 Å². The number of nitrogens with one attached hydrogen (secondary N) is 7. The van der Waals surface area contributed by atoms with Gasteiger partial charge in [-0.3, -0.25) is 28.8 Å². The van der Waals surface area contributed by atoms with Crippen LogP contribution in [0.1, 0.15) is 110 Å². The lowest BCUT2D eigenvalue weighted by atomic mass is 9.93. The minimum Gasteiger partial charge on any atom is -0.530 e. The Morgan fingerprint density at radius 3 is 1.76 bits per heavy atom. The summed E-state index contributed by atoms with van der Waals surface area (Å²) in [6, 6.07) is 19.1. The molecule has 6 rings (SSSR count). The van der Waals surface area contributed by atoms with Crippen LogP contribution in [0.4, 0.5) is 4.79 Å². The number of aromatic nitrogens is 1. The molecule has 0 radical (unpaired) electrons. The van der Waals surface area contributed by atoms with E-state index in [9.17, 15) is 38.7 Å². The molecule has 6 atom stereocenters. The van der Waals surface area contributed by atoms with Gasteiger partial charge in [0.2, 0.25) is 35.4 Å². The van der Waals surface area contributed by atoms with Gasteiger partial charge in [0.25, 0.3) is 0 Å². The van der Waals surface area contributed by atoms with Gasteiger partial charge in [-0.05, 0) is 103 Å². The molecule has 4 aromatic rings. The summed E-state index contributed by atoms with van der Waals surface area (Å²) in [5, 5.41) is 30.5. The number of para-hydroxylation sites is 1. The lowest BCUT2D eigenvalue weighted by Gasteiger charge is -2.38. The van der Waals surface area contributed by atoms with E-state index >= 15 is 0 Å². The lowest BCUT2D eigenvalue weighted by molar-refractivity contribution is -0.270. The van der Waals surface area contributed by atoms with Crippen molar-refractivity contribution in [2.45, 2.75) is 166 Å². The van der Waals surface area contributed by atoms with E-state index < -0.39 is 94.5 Å². The van der Waals surface area contributed by atoms with Crippen LogP contribution in [-0.2, 0) is 52.8 Å². The van der Waals surface area contributed by atoms with Crippen molar-refractivity contribution < 1.29 is 43.4 Å². The van der Waals surface area contributed by atoms with Crippen LogP contribution in [0.15, 0.2) is 91.1 Å². The maximum absolute atomic E-state index is 14.9. The number of ether oxygens (including phenoxy) is 1. The second kappa shape index (κ2) is 23.4. The van der Waals surface area contributed by atoms with Gasteiger partial charge in [0.05, 0.1) is 11.7 Å². The number of benzene rings is 3. The Balaban J connectivity index is 1.44. The summed E-state index contributed by atoms with van der Waals surface area (Å²) in [6.07, 6.45) is 1.71. The van der Waals surface area contributed by atoms with Crippen LogP contribution < -0.4 is 37.0 Å². The van der Waals surface area contributed by atoms with Crippen LogP contribution >= 0.6 is 0 Å². The van der Waals surface area contributed by atoms with E-state index in [2.05, 4.69) is 36.9 Å². The molecule has 17 nitrogen and oxygen atoms in total. The normalized spacial score (nSPS) is 22.3. The molecule has 0 bridgehead atoms. The molecule has 2 fully saturated rings. The molecule has 6 unspecified atom stereocenters. The van der Waals surface area contributed by atoms with Crippen molar-refractivity contribution in [1.29, 1.82) is 0 Å². The number of unbranched alkanes of at least 4 members (excludes halogenated alkanes) is 1. The Morgan fingerprint density at radius 2 is 1.18 bits per heavy atom. The van der Waals surface area contributed by atoms with Gasteiger partial charge in [0, 0.05) is 48.4 Å². The second-order valence-electron chi connectivity index (χ2n) is 20.9. The molecule has 1 saturated carbocycles. The monoisotopic (exact) mass is 976 g/mol. The van der Waals surface area contributed by atoms with E-state index in [4.69, 9.17) is 4.74 Å². The largest absolute Gasteiger partial charge is 0.530 e. The molecule has 1 aliphatic heterocycles. The van der Waals surface area contributed by atoms with E-state index in [-0.39, 0.29) is 57.9 Å². The average Bonchev–Trinajstić information content (AvgIpc) is 3.96. The number of H-pyrrole nitrogens is 1. The first kappa shape index (κ1) is 53.6. The number of hydrogen-bond acceptors (Lipinski definition) is 9. The van der Waals surface area contributed by atoms with Gasteiger partial charge >= 0.3 is 0 Å². The number of fused-ring (bicyclic) bond motifs is 1. The van der Waals surface area contributed by atoms with Crippen molar-refractivity contribution >= 4 is 52.4 Å². The van der Waals surface area contributed by atoms with Gasteiger partial charge in [-0.25, -0.2) is 0 Å². The van der Waals surface area contributed by atoms with Crippen molar-refractivity contribution in [1.82, 2.24) is 41.8 Å². The summed E-state index contributed by atoms with van der Waals surface area (Å²) >= 11 is 0. The number of aromatic amines is 1. The summed E-state index contributed by atoms with van der Waals surface area (Å²) in [7, 11) is 0. The maximum atomic E-state index is 14.9. The fraction of sp³-hybridized carbons (Fsp3) is 0.500. The highest BCUT2D eigenvalue weighted by Crippen LogP contribution is 2.31. The fourth-order valence-electron chi connectivity index (χ4n) is 9.52. The number of hydrogen-bond donors (Lipinski definition) is 7. The highest BCUT2D eigenvalue weighted by Gasteiger charge is 2.46. The first-order chi connectivity index (χ1) is 33.6. The fourth-order valence-corrected chi connectivity index (χ4v) is 9.52. The van der Waals surface area contributed by atoms with Crippen molar-refractivity contribution in [2.75, 3.05) is 6.54 Å². The zero-order chi connectivity index (χ0) is 51.5. The van der Waals surface area contributed by atoms with Crippen LogP contribution in [0, 0.1) is 0 Å². The molecule has 2 aliphatic rings. The molecule has 3 aromatic carbocycles. The summed E-state index contributed by atoms with van der Waals surface area (Å²) in [5.41, 5.74) is -0.0841. The van der Waals surface area contributed by atoms with Crippen LogP contribution in [0.25, 0.3) is 10.9 Å². The first-order valence-corrected chi connectivity index (χ1v) is 24.8. The van der Waals surface area contributed by atoms with Gasteiger partial charge in [-0.2, -0.15) is 0 Å². The van der Waals surface area contributed by atoms with Gasteiger partial charge < -0.3 is 56.4 Å². The number of carbonyl (C=O) groups is 7. The van der Waals surface area contributed by atoms with Crippen molar-refractivity contribution in [2.24, 2.45) is 0 Å². The minimum absolute atomic E-state index is 0.00693. The molecule has 2 heterocycles. The lowest BCUT2D eigenvalue weighted by Crippen LogP contribution is -2.66. The van der Waals surface area contributed by atoms with Gasteiger partial charge in [-0.1, -0.05) is 91.7 Å². The second-order valence-corrected chi connectivity index (χ2v) is 20.9. The number of rotatable bonds is 13. The number of carboxylic acid groups (broad SMARTS) is 1. The zero-order valence-corrected chi connectivity index (χ0v) is 42.0. The minimum atomic E-state index is -1.45. The highest BCUT2D eigenvalue weighted by atomic mass is 16.5. The van der Waals surface area contributed by atoms with Crippen LogP contribution in [-0.4, -0.2) is 111 Å². The molecule has 7 N–H and O–H groups in total. The average molecular weight is 976 g/mol. The molecule has 382 valence electrons. The first-order valence-electron chi connectivity index (χ1n) is 24.8. The van der Waals surface area contributed by atoms with Gasteiger partial charge in [-0.15, -0.1) is 0 Å². The highest BCUT2D eigenvalue weighted by molar-refractivity contribution is 6.00. The molecule has 1 aliphatic carbocycles. The smallest absolute Gasteiger partial charge is 0.246 e. The Hall–Kier alpha value is -6.75. The molecular formula is C54H71N8O9-. The number of nitrogens with zero attached hydrogens (tertiary/aromatic N) is 1.